The predicted molar refractivity (Wildman–Crippen MR) is 521 cm³/mol. The molecule has 18 aromatic carbocycles. The van der Waals surface area contributed by atoms with E-state index in [0.29, 0.717) is 70.6 Å². The summed E-state index contributed by atoms with van der Waals surface area (Å²) in [5, 5.41) is 87.3. The Bertz CT molecular complexity index is 7290. The van der Waals surface area contributed by atoms with E-state index < -0.39 is 58.8 Å². The number of carbonyl (C=O) groups excluding carboxylic acids is 8. The lowest BCUT2D eigenvalue weighted by Gasteiger charge is -2.16. The largest absolute Gasteiger partial charge is 0.508 e. The second-order valence-electron chi connectivity index (χ2n) is 32.3. The molecular weight excluding hydrogens is 1830 g/mol. The van der Waals surface area contributed by atoms with E-state index in [0.717, 1.165) is 109 Å². The number of aromatic hydroxyl groups is 8. The fraction of sp³-hybridized carbons (Fsp3) is 0.107. The number of hydrogen-bond donors (Lipinski definition) is 8. The van der Waals surface area contributed by atoms with Gasteiger partial charge in [0.25, 0.3) is 0 Å². The molecule has 0 aromatic heterocycles. The van der Waals surface area contributed by atoms with Crippen molar-refractivity contribution in [1.29, 1.82) is 0 Å². The Morgan fingerprint density at radius 3 is 0.655 bits per heavy atom. The fourth-order valence-corrected chi connectivity index (χ4v) is 15.6. The van der Waals surface area contributed by atoms with Crippen molar-refractivity contribution in [3.63, 3.8) is 0 Å². The van der Waals surface area contributed by atoms with Gasteiger partial charge in [0.05, 0.1) is 86.2 Å². The van der Waals surface area contributed by atoms with Gasteiger partial charge in [0.1, 0.15) is 126 Å². The topological polar surface area (TPSA) is 428 Å². The number of hydrogen-bond acceptors (Lipinski definition) is 30. The Labute approximate surface area is 807 Å². The number of esters is 6. The molecule has 0 aliphatic heterocycles. The zero-order valence-electron chi connectivity index (χ0n) is 75.1. The van der Waals surface area contributed by atoms with Gasteiger partial charge in [-0.15, -0.1) is 0 Å². The highest BCUT2D eigenvalue weighted by molar-refractivity contribution is 6.28. The fourth-order valence-electron chi connectivity index (χ4n) is 15.6. The third-order valence-electron chi connectivity index (χ3n) is 22.2. The third-order valence-corrected chi connectivity index (χ3v) is 22.2. The first-order valence-corrected chi connectivity index (χ1v) is 44.4. The standard InChI is InChI=1S/C74H62O19.C38H22O11/c75-46-49-6-5-47-8-27-68-69(28-9-48-7-26-67(49)70(47)71(48)68)93-74(82)52-41-65(91-72(80)50-37-61(87-33-1-29-83-57-18-10-53(76)11-19-57)43-62(38-50)88-34-2-30-84-58-20-12-54(77)13-21-58)45-66(42-52)92-73(81)51-39-63(89-35-3-31-85-59-22-14-55(78)15-23-59)44-64(40-51)90-36-4-32-86-60-24-16-56(79)17-25-60;39-18-21-2-1-19-4-7-32-33(8-5-20-3-6-31(21)34(19)35(20)32)49-38(46)24-13-29(47-36(44)22-9-25(40)15-26(41)10-22)17-30(14-24)48-37(45)23-11-27(42)16-28(43)12-23/h5-28,37-46,76-79H,1-4,29-36H2;1-18,40-43H. The summed E-state index contributed by atoms with van der Waals surface area (Å²) in [5.41, 5.74) is 0.193. The van der Waals surface area contributed by atoms with Crippen molar-refractivity contribution in [1.82, 2.24) is 0 Å². The molecule has 712 valence electrons. The van der Waals surface area contributed by atoms with Gasteiger partial charge in [-0.2, -0.15) is 0 Å². The van der Waals surface area contributed by atoms with Crippen LogP contribution in [0.4, 0.5) is 0 Å². The quantitative estimate of drug-likeness (QED) is 0.00586. The van der Waals surface area contributed by atoms with Crippen LogP contribution in [0.5, 0.6) is 126 Å². The van der Waals surface area contributed by atoms with E-state index in [9.17, 15) is 79.2 Å². The lowest BCUT2D eigenvalue weighted by Crippen LogP contribution is -2.14. The number of phenols is 8. The van der Waals surface area contributed by atoms with Gasteiger partial charge in [-0.1, -0.05) is 72.8 Å². The summed E-state index contributed by atoms with van der Waals surface area (Å²) in [6.45, 7) is 1.75. The summed E-state index contributed by atoms with van der Waals surface area (Å²) in [4.78, 5) is 107. The summed E-state index contributed by atoms with van der Waals surface area (Å²) < 4.78 is 82.6. The monoisotopic (exact) mass is 1910 g/mol. The van der Waals surface area contributed by atoms with Crippen LogP contribution in [-0.2, 0) is 0 Å². The van der Waals surface area contributed by atoms with E-state index in [1.807, 2.05) is 60.7 Å². The normalized spacial score (nSPS) is 11.0. The maximum atomic E-state index is 14.6. The van der Waals surface area contributed by atoms with E-state index in [4.69, 9.17) is 66.3 Å². The van der Waals surface area contributed by atoms with Crippen molar-refractivity contribution < 1.29 is 146 Å². The lowest BCUT2D eigenvalue weighted by atomic mass is 9.92. The van der Waals surface area contributed by atoms with Gasteiger partial charge in [-0.05, 0) is 237 Å². The molecule has 0 spiro atoms. The average molecular weight is 1910 g/mol. The average Bonchev–Trinajstić information content (AvgIpc) is 0.735. The highest BCUT2D eigenvalue weighted by atomic mass is 16.6. The van der Waals surface area contributed by atoms with Crippen molar-refractivity contribution >= 4 is 113 Å². The van der Waals surface area contributed by atoms with Crippen LogP contribution in [0.2, 0.25) is 0 Å². The van der Waals surface area contributed by atoms with Crippen LogP contribution in [0, 0.1) is 0 Å². The van der Waals surface area contributed by atoms with Crippen molar-refractivity contribution in [3.05, 3.63) is 348 Å². The molecular formula is C112H84O30. The van der Waals surface area contributed by atoms with E-state index in [1.165, 1.54) is 103 Å². The van der Waals surface area contributed by atoms with E-state index in [2.05, 4.69) is 0 Å². The Morgan fingerprint density at radius 1 is 0.190 bits per heavy atom. The Balaban J connectivity index is 0.000000236. The van der Waals surface area contributed by atoms with Gasteiger partial charge in [0, 0.05) is 94.8 Å². The van der Waals surface area contributed by atoms with E-state index in [1.54, 1.807) is 97.1 Å². The lowest BCUT2D eigenvalue weighted by molar-refractivity contribution is 0.0703. The van der Waals surface area contributed by atoms with Crippen LogP contribution in [0.25, 0.3) is 64.6 Å². The van der Waals surface area contributed by atoms with Crippen LogP contribution < -0.4 is 66.3 Å². The van der Waals surface area contributed by atoms with Crippen molar-refractivity contribution in [3.8, 4) is 126 Å². The van der Waals surface area contributed by atoms with Gasteiger partial charge in [0.2, 0.25) is 0 Å². The number of carbonyl (C=O) groups is 8. The smallest absolute Gasteiger partial charge is 0.343 e. The highest BCUT2D eigenvalue weighted by Crippen LogP contribution is 2.44. The molecule has 0 saturated heterocycles. The molecule has 0 bridgehead atoms. The third kappa shape index (κ3) is 23.4. The van der Waals surface area contributed by atoms with Gasteiger partial charge in [-0.25, -0.2) is 28.8 Å². The number of aldehydes is 2. The van der Waals surface area contributed by atoms with Gasteiger partial charge in [0.15, 0.2) is 12.6 Å². The highest BCUT2D eigenvalue weighted by Gasteiger charge is 2.27. The summed E-state index contributed by atoms with van der Waals surface area (Å²) in [5.74, 6) is -4.17. The second kappa shape index (κ2) is 43.3. The molecule has 18 aromatic rings. The van der Waals surface area contributed by atoms with Crippen LogP contribution in [0.3, 0.4) is 0 Å². The molecule has 18 rings (SSSR count). The molecule has 0 atom stereocenters. The maximum absolute atomic E-state index is 14.6. The minimum atomic E-state index is -1.02. The van der Waals surface area contributed by atoms with E-state index in [-0.39, 0.29) is 167 Å². The van der Waals surface area contributed by atoms with Crippen LogP contribution in [-0.4, -0.2) is 142 Å². The Kier molecular flexibility index (Phi) is 28.9. The Morgan fingerprint density at radius 2 is 0.394 bits per heavy atom. The first kappa shape index (κ1) is 94.8. The van der Waals surface area contributed by atoms with E-state index >= 15 is 0 Å². The summed E-state index contributed by atoms with van der Waals surface area (Å²) in [7, 11) is 0. The van der Waals surface area contributed by atoms with Crippen molar-refractivity contribution in [2.45, 2.75) is 25.7 Å². The maximum Gasteiger partial charge on any atom is 0.343 e. The van der Waals surface area contributed by atoms with Crippen molar-refractivity contribution in [2.75, 3.05) is 52.9 Å². The van der Waals surface area contributed by atoms with Crippen LogP contribution in [0.15, 0.2) is 303 Å². The van der Waals surface area contributed by atoms with Gasteiger partial charge >= 0.3 is 35.8 Å². The first-order valence-electron chi connectivity index (χ1n) is 44.4. The SMILES string of the molecule is O=Cc1ccc2ccc3c(OC(=O)c4cc(OC(=O)c5cc(O)cc(O)c5)cc(OC(=O)c5cc(O)cc(O)c5)c4)ccc4ccc1c2c43.O=Cc1ccc2ccc3c(OC(=O)c4cc(OC(=O)c5cc(OCCCOc6ccc(O)cc6)cc(OCCCOc6ccc(O)cc6)c5)cc(OC(=O)c5cc(OCCCOc6ccc(O)cc6)cc(OCCCOc6ccc(O)cc6)c5)c4)ccc4ccc1c2c43. The molecule has 30 heteroatoms. The zero-order valence-corrected chi connectivity index (χ0v) is 75.1. The first-order chi connectivity index (χ1) is 68.9. The minimum Gasteiger partial charge on any atom is -0.508 e. The van der Waals surface area contributed by atoms with Crippen molar-refractivity contribution in [2.24, 2.45) is 0 Å². The zero-order chi connectivity index (χ0) is 98.9. The molecule has 142 heavy (non-hydrogen) atoms. The minimum absolute atomic E-state index is 0.00994. The summed E-state index contributed by atoms with van der Waals surface area (Å²) in [6.07, 6.45) is 3.31. The molecule has 0 heterocycles. The Hall–Kier alpha value is -19.0. The van der Waals surface area contributed by atoms with Crippen LogP contribution in [0.1, 0.15) is 109 Å². The second-order valence-corrected chi connectivity index (χ2v) is 32.3. The number of ether oxygens (including phenoxy) is 14. The molecule has 0 saturated carbocycles. The molecule has 0 aliphatic carbocycles. The number of benzene rings is 18. The summed E-state index contributed by atoms with van der Waals surface area (Å²) >= 11 is 0. The predicted octanol–water partition coefficient (Wildman–Crippen LogP) is 21.1. The van der Waals surface area contributed by atoms with Gasteiger partial charge in [-0.3, -0.25) is 9.59 Å². The molecule has 0 amide bonds. The molecule has 8 N–H and O–H groups in total. The van der Waals surface area contributed by atoms with Crippen LogP contribution >= 0.6 is 0 Å². The van der Waals surface area contributed by atoms with Gasteiger partial charge < -0.3 is 107 Å². The molecule has 0 fully saturated rings. The summed E-state index contributed by atoms with van der Waals surface area (Å²) in [6, 6.07) is 76.9. The molecule has 0 unspecified atom stereocenters. The molecule has 30 nitrogen and oxygen atoms in total. The number of phenolic OH excluding ortho intramolecular Hbond substituents is 8. The molecule has 0 radical (unpaired) electrons. The number of rotatable bonds is 38. The molecule has 0 aliphatic rings.